The average molecular weight is 235 g/mol. The Morgan fingerprint density at radius 3 is 2.93 bits per heavy atom. The van der Waals surface area contributed by atoms with Crippen molar-refractivity contribution in [2.45, 2.75) is 12.5 Å². The molecule has 0 amide bonds. The molecule has 2 rings (SSSR count). The number of hydrogen-bond acceptors (Lipinski definition) is 4. The average Bonchev–Trinajstić information content (AvgIpc) is 2.52. The van der Waals surface area contributed by atoms with Crippen LogP contribution in [0.4, 0.5) is 5.95 Å². The molecule has 2 N–H and O–H groups in total. The van der Waals surface area contributed by atoms with Gasteiger partial charge in [0.1, 0.15) is 5.15 Å². The van der Waals surface area contributed by atoms with Gasteiger partial charge in [0.05, 0.1) is 0 Å². The Morgan fingerprint density at radius 1 is 1.57 bits per heavy atom. The third kappa shape index (κ3) is 2.47. The predicted molar refractivity (Wildman–Crippen MR) is 59.1 cm³/mol. The Balaban J connectivity index is 0.000000980. The summed E-state index contributed by atoms with van der Waals surface area (Å²) in [5.41, 5.74) is 5.77. The van der Waals surface area contributed by atoms with Gasteiger partial charge in [0.2, 0.25) is 5.95 Å². The second kappa shape index (κ2) is 4.77. The molecule has 0 aromatic carbocycles. The molecule has 1 aromatic rings. The van der Waals surface area contributed by atoms with Crippen molar-refractivity contribution in [3.8, 4) is 0 Å². The van der Waals surface area contributed by atoms with Crippen LogP contribution in [0, 0.1) is 0 Å². The first kappa shape index (κ1) is 11.5. The van der Waals surface area contributed by atoms with Crippen LogP contribution < -0.4 is 10.6 Å². The highest BCUT2D eigenvalue weighted by Crippen LogP contribution is 2.16. The first-order valence-electron chi connectivity index (χ1n) is 4.25. The van der Waals surface area contributed by atoms with E-state index in [0.29, 0.717) is 11.1 Å². The molecule has 2 heterocycles. The Hall–Kier alpha value is -0.580. The van der Waals surface area contributed by atoms with Gasteiger partial charge in [0, 0.05) is 25.3 Å². The number of nitrogens with two attached hydrogens (primary N) is 1. The standard InChI is InChI=1S/C8H11ClN4.ClH/c9-7-1-3-11-8(12-7)13-4-2-6(10)5-13;/h1,3,6H,2,4-5,10H2;1H. The summed E-state index contributed by atoms with van der Waals surface area (Å²) < 4.78 is 0. The fraction of sp³-hybridized carbons (Fsp3) is 0.500. The Bertz CT molecular complexity index is 307. The van der Waals surface area contributed by atoms with Crippen molar-refractivity contribution < 1.29 is 0 Å². The summed E-state index contributed by atoms with van der Waals surface area (Å²) in [5, 5.41) is 0.477. The number of aromatic nitrogens is 2. The van der Waals surface area contributed by atoms with Crippen LogP contribution in [0.5, 0.6) is 0 Å². The largest absolute Gasteiger partial charge is 0.339 e. The SMILES string of the molecule is Cl.NC1CCN(c2nccc(Cl)n2)C1. The quantitative estimate of drug-likeness (QED) is 0.740. The molecule has 1 aromatic heterocycles. The molecule has 14 heavy (non-hydrogen) atoms. The number of halogens is 2. The number of hydrogen-bond donors (Lipinski definition) is 1. The summed E-state index contributed by atoms with van der Waals surface area (Å²) in [5.74, 6) is 0.681. The molecule has 0 spiro atoms. The molecule has 78 valence electrons. The minimum absolute atomic E-state index is 0. The minimum atomic E-state index is 0. The molecule has 4 nitrogen and oxygen atoms in total. The van der Waals surface area contributed by atoms with Crippen molar-refractivity contribution in [2.24, 2.45) is 5.73 Å². The van der Waals surface area contributed by atoms with Crippen molar-refractivity contribution in [1.82, 2.24) is 9.97 Å². The van der Waals surface area contributed by atoms with Crippen LogP contribution in [0.25, 0.3) is 0 Å². The Kier molecular flexibility index (Phi) is 3.92. The topological polar surface area (TPSA) is 55.0 Å². The summed E-state index contributed by atoms with van der Waals surface area (Å²) in [6.45, 7) is 1.74. The molecular formula is C8H12Cl2N4. The van der Waals surface area contributed by atoms with Gasteiger partial charge < -0.3 is 10.6 Å². The van der Waals surface area contributed by atoms with Crippen LogP contribution in [-0.4, -0.2) is 29.1 Å². The van der Waals surface area contributed by atoms with Crippen LogP contribution in [0.1, 0.15) is 6.42 Å². The monoisotopic (exact) mass is 234 g/mol. The van der Waals surface area contributed by atoms with E-state index in [1.54, 1.807) is 12.3 Å². The first-order chi connectivity index (χ1) is 6.25. The first-order valence-corrected chi connectivity index (χ1v) is 4.62. The number of anilines is 1. The lowest BCUT2D eigenvalue weighted by Crippen LogP contribution is -2.27. The van der Waals surface area contributed by atoms with Crippen molar-refractivity contribution >= 4 is 30.0 Å². The maximum absolute atomic E-state index is 5.77. The van der Waals surface area contributed by atoms with Gasteiger partial charge in [-0.05, 0) is 12.5 Å². The number of rotatable bonds is 1. The highest BCUT2D eigenvalue weighted by atomic mass is 35.5. The van der Waals surface area contributed by atoms with E-state index in [1.165, 1.54) is 0 Å². The van der Waals surface area contributed by atoms with Crippen molar-refractivity contribution in [3.63, 3.8) is 0 Å². The maximum Gasteiger partial charge on any atom is 0.226 e. The van der Waals surface area contributed by atoms with Crippen LogP contribution >= 0.6 is 24.0 Å². The Labute approximate surface area is 93.9 Å². The lowest BCUT2D eigenvalue weighted by atomic mass is 10.3. The molecule has 1 aliphatic rings. The molecule has 1 saturated heterocycles. The summed E-state index contributed by atoms with van der Waals surface area (Å²) in [6, 6.07) is 1.91. The van der Waals surface area contributed by atoms with Crippen LogP contribution in [0.15, 0.2) is 12.3 Å². The number of nitrogens with zero attached hydrogens (tertiary/aromatic N) is 3. The highest BCUT2D eigenvalue weighted by Gasteiger charge is 2.20. The zero-order valence-electron chi connectivity index (χ0n) is 7.56. The summed E-state index contributed by atoms with van der Waals surface area (Å²) in [4.78, 5) is 10.3. The maximum atomic E-state index is 5.77. The van der Waals surface area contributed by atoms with Crippen molar-refractivity contribution in [2.75, 3.05) is 18.0 Å². The molecule has 1 atom stereocenters. The van der Waals surface area contributed by atoms with Gasteiger partial charge >= 0.3 is 0 Å². The van der Waals surface area contributed by atoms with Crippen LogP contribution in [0.2, 0.25) is 5.15 Å². The van der Waals surface area contributed by atoms with Gasteiger partial charge in [-0.2, -0.15) is 0 Å². The molecule has 6 heteroatoms. The van der Waals surface area contributed by atoms with E-state index in [-0.39, 0.29) is 18.4 Å². The third-order valence-electron chi connectivity index (χ3n) is 2.12. The van der Waals surface area contributed by atoms with E-state index in [4.69, 9.17) is 17.3 Å². The summed E-state index contributed by atoms with van der Waals surface area (Å²) >= 11 is 5.75. The van der Waals surface area contributed by atoms with E-state index in [2.05, 4.69) is 14.9 Å². The van der Waals surface area contributed by atoms with E-state index in [9.17, 15) is 0 Å². The van der Waals surface area contributed by atoms with Crippen molar-refractivity contribution in [3.05, 3.63) is 17.4 Å². The molecule has 1 fully saturated rings. The predicted octanol–water partition coefficient (Wildman–Crippen LogP) is 1.09. The van der Waals surface area contributed by atoms with Crippen LogP contribution in [-0.2, 0) is 0 Å². The van der Waals surface area contributed by atoms with Gasteiger partial charge in [-0.25, -0.2) is 9.97 Å². The molecule has 0 saturated carbocycles. The normalized spacial score (nSPS) is 20.7. The van der Waals surface area contributed by atoms with E-state index < -0.39 is 0 Å². The van der Waals surface area contributed by atoms with Gasteiger partial charge in [-0.1, -0.05) is 11.6 Å². The third-order valence-corrected chi connectivity index (χ3v) is 2.33. The summed E-state index contributed by atoms with van der Waals surface area (Å²) in [6.07, 6.45) is 2.66. The molecule has 0 radical (unpaired) electrons. The zero-order valence-corrected chi connectivity index (χ0v) is 9.13. The second-order valence-corrected chi connectivity index (χ2v) is 3.56. The summed E-state index contributed by atoms with van der Waals surface area (Å²) in [7, 11) is 0. The smallest absolute Gasteiger partial charge is 0.226 e. The lowest BCUT2D eigenvalue weighted by Gasteiger charge is -2.14. The molecule has 0 bridgehead atoms. The fourth-order valence-corrected chi connectivity index (χ4v) is 1.58. The van der Waals surface area contributed by atoms with Crippen molar-refractivity contribution in [1.29, 1.82) is 0 Å². The molecular weight excluding hydrogens is 223 g/mol. The fourth-order valence-electron chi connectivity index (χ4n) is 1.45. The van der Waals surface area contributed by atoms with E-state index >= 15 is 0 Å². The van der Waals surface area contributed by atoms with Gasteiger partial charge in [0.25, 0.3) is 0 Å². The second-order valence-electron chi connectivity index (χ2n) is 3.17. The van der Waals surface area contributed by atoms with Gasteiger partial charge in [-0.15, -0.1) is 12.4 Å². The Morgan fingerprint density at radius 2 is 2.36 bits per heavy atom. The molecule has 1 aliphatic heterocycles. The lowest BCUT2D eigenvalue weighted by molar-refractivity contribution is 0.750. The minimum Gasteiger partial charge on any atom is -0.339 e. The molecule has 1 unspecified atom stereocenters. The van der Waals surface area contributed by atoms with Gasteiger partial charge in [0.15, 0.2) is 0 Å². The van der Waals surface area contributed by atoms with E-state index in [1.807, 2.05) is 0 Å². The van der Waals surface area contributed by atoms with Crippen LogP contribution in [0.3, 0.4) is 0 Å². The van der Waals surface area contributed by atoms with E-state index in [0.717, 1.165) is 19.5 Å². The molecule has 0 aliphatic carbocycles. The van der Waals surface area contributed by atoms with Gasteiger partial charge in [-0.3, -0.25) is 0 Å². The highest BCUT2D eigenvalue weighted by molar-refractivity contribution is 6.29. The zero-order chi connectivity index (χ0) is 9.26.